The van der Waals surface area contributed by atoms with E-state index in [4.69, 9.17) is 0 Å². The van der Waals surface area contributed by atoms with E-state index in [-0.39, 0.29) is 0 Å². The van der Waals surface area contributed by atoms with E-state index >= 15 is 0 Å². The average molecular weight is 169 g/mol. The maximum Gasteiger partial charge on any atom is 0.0302 e. The molecule has 0 aromatic carbocycles. The van der Waals surface area contributed by atoms with Gasteiger partial charge in [0.15, 0.2) is 0 Å². The van der Waals surface area contributed by atoms with Gasteiger partial charge in [0.25, 0.3) is 0 Å². The zero-order chi connectivity index (χ0) is 8.10. The second-order valence-electron chi connectivity index (χ2n) is 2.77. The van der Waals surface area contributed by atoms with Gasteiger partial charge in [-0.3, -0.25) is 0 Å². The van der Waals surface area contributed by atoms with Gasteiger partial charge in [-0.05, 0) is 24.8 Å². The van der Waals surface area contributed by atoms with Crippen LogP contribution in [0.1, 0.15) is 25.1 Å². The normalized spacial score (nSPS) is 13.3. The van der Waals surface area contributed by atoms with Crippen molar-refractivity contribution in [3.63, 3.8) is 0 Å². The summed E-state index contributed by atoms with van der Waals surface area (Å²) >= 11 is 1.81. The van der Waals surface area contributed by atoms with Crippen LogP contribution in [0.2, 0.25) is 0 Å². The van der Waals surface area contributed by atoms with Gasteiger partial charge < -0.3 is 5.32 Å². The van der Waals surface area contributed by atoms with Gasteiger partial charge in [0.1, 0.15) is 0 Å². The van der Waals surface area contributed by atoms with E-state index in [0.29, 0.717) is 6.04 Å². The van der Waals surface area contributed by atoms with E-state index in [9.17, 15) is 0 Å². The topological polar surface area (TPSA) is 12.0 Å². The predicted molar refractivity (Wildman–Crippen MR) is 50.9 cm³/mol. The number of nitrogens with one attached hydrogen (secondary N) is 1. The molecule has 11 heavy (non-hydrogen) atoms. The Morgan fingerprint density at radius 2 is 2.45 bits per heavy atom. The summed E-state index contributed by atoms with van der Waals surface area (Å²) in [5.74, 6) is 0. The van der Waals surface area contributed by atoms with Crippen molar-refractivity contribution in [3.8, 4) is 0 Å². The second-order valence-corrected chi connectivity index (χ2v) is 3.80. The highest BCUT2D eigenvalue weighted by molar-refractivity contribution is 7.09. The molecule has 0 unspecified atom stereocenters. The van der Waals surface area contributed by atoms with Crippen LogP contribution in [0, 0.1) is 0 Å². The van der Waals surface area contributed by atoms with Crippen molar-refractivity contribution >= 4 is 11.3 Å². The van der Waals surface area contributed by atoms with Crippen LogP contribution in [0.3, 0.4) is 0 Å². The van der Waals surface area contributed by atoms with E-state index in [1.807, 2.05) is 11.3 Å². The number of hydrogen-bond acceptors (Lipinski definition) is 2. The number of thiophene rings is 1. The zero-order valence-corrected chi connectivity index (χ0v) is 7.95. The van der Waals surface area contributed by atoms with Gasteiger partial charge in [0.05, 0.1) is 0 Å². The quantitative estimate of drug-likeness (QED) is 0.730. The molecule has 1 aromatic heterocycles. The maximum absolute atomic E-state index is 3.45. The fourth-order valence-corrected chi connectivity index (χ4v) is 1.49. The molecule has 0 aliphatic carbocycles. The molecule has 0 saturated heterocycles. The summed E-state index contributed by atoms with van der Waals surface area (Å²) in [7, 11) is 0. The Balaban J connectivity index is 2.23. The van der Waals surface area contributed by atoms with E-state index < -0.39 is 0 Å². The molecule has 0 amide bonds. The predicted octanol–water partition coefficient (Wildman–Crippen LogP) is 2.64. The molecular weight excluding hydrogens is 154 g/mol. The lowest BCUT2D eigenvalue weighted by Gasteiger charge is -2.09. The van der Waals surface area contributed by atoms with Crippen LogP contribution in [0.25, 0.3) is 0 Å². The first-order valence-corrected chi connectivity index (χ1v) is 4.96. The molecule has 0 bridgehead atoms. The van der Waals surface area contributed by atoms with Crippen molar-refractivity contribution in [1.29, 1.82) is 0 Å². The Labute approximate surface area is 72.4 Å². The fraction of sp³-hybridized carbons (Fsp3) is 0.556. The molecule has 0 aliphatic heterocycles. The SMILES string of the molecule is CC[C@H](C)NCc1cccs1. The van der Waals surface area contributed by atoms with Crippen LogP contribution < -0.4 is 5.32 Å². The number of rotatable bonds is 4. The molecule has 1 heterocycles. The van der Waals surface area contributed by atoms with Gasteiger partial charge >= 0.3 is 0 Å². The van der Waals surface area contributed by atoms with Crippen molar-refractivity contribution in [2.75, 3.05) is 0 Å². The van der Waals surface area contributed by atoms with Gasteiger partial charge in [-0.25, -0.2) is 0 Å². The monoisotopic (exact) mass is 169 g/mol. The van der Waals surface area contributed by atoms with Crippen LogP contribution >= 0.6 is 11.3 Å². The third-order valence-corrected chi connectivity index (χ3v) is 2.69. The molecule has 1 N–H and O–H groups in total. The third kappa shape index (κ3) is 3.04. The minimum atomic E-state index is 0.636. The van der Waals surface area contributed by atoms with Crippen LogP contribution in [0.15, 0.2) is 17.5 Å². The largest absolute Gasteiger partial charge is 0.309 e. The Bertz CT molecular complexity index is 181. The number of hydrogen-bond donors (Lipinski definition) is 1. The van der Waals surface area contributed by atoms with Gasteiger partial charge in [-0.1, -0.05) is 13.0 Å². The molecule has 0 fully saturated rings. The Morgan fingerprint density at radius 1 is 1.64 bits per heavy atom. The van der Waals surface area contributed by atoms with Crippen molar-refractivity contribution in [2.24, 2.45) is 0 Å². The summed E-state index contributed by atoms with van der Waals surface area (Å²) in [6.07, 6.45) is 1.20. The summed E-state index contributed by atoms with van der Waals surface area (Å²) in [5, 5.41) is 5.56. The summed E-state index contributed by atoms with van der Waals surface area (Å²) in [6, 6.07) is 4.90. The highest BCUT2D eigenvalue weighted by Crippen LogP contribution is 2.07. The molecule has 0 radical (unpaired) electrons. The molecular formula is C9H15NS. The van der Waals surface area contributed by atoms with Gasteiger partial charge in [-0.15, -0.1) is 11.3 Å². The first-order valence-electron chi connectivity index (χ1n) is 4.08. The van der Waals surface area contributed by atoms with Crippen molar-refractivity contribution in [3.05, 3.63) is 22.4 Å². The van der Waals surface area contributed by atoms with E-state index in [0.717, 1.165) is 6.54 Å². The summed E-state index contributed by atoms with van der Waals surface area (Å²) in [4.78, 5) is 1.42. The molecule has 2 heteroatoms. The molecule has 1 aromatic rings. The average Bonchev–Trinajstić information content (AvgIpc) is 2.52. The van der Waals surface area contributed by atoms with Crippen molar-refractivity contribution in [2.45, 2.75) is 32.9 Å². The molecule has 1 nitrogen and oxygen atoms in total. The summed E-state index contributed by atoms with van der Waals surface area (Å²) in [6.45, 7) is 5.44. The van der Waals surface area contributed by atoms with E-state index in [2.05, 4.69) is 36.7 Å². The highest BCUT2D eigenvalue weighted by Gasteiger charge is 1.97. The first kappa shape index (κ1) is 8.75. The lowest BCUT2D eigenvalue weighted by molar-refractivity contribution is 0.537. The molecule has 62 valence electrons. The van der Waals surface area contributed by atoms with Crippen LogP contribution in [0.5, 0.6) is 0 Å². The van der Waals surface area contributed by atoms with E-state index in [1.165, 1.54) is 11.3 Å². The Kier molecular flexibility index (Phi) is 3.60. The summed E-state index contributed by atoms with van der Waals surface area (Å²) < 4.78 is 0. The van der Waals surface area contributed by atoms with Gasteiger partial charge in [-0.2, -0.15) is 0 Å². The summed E-state index contributed by atoms with van der Waals surface area (Å²) in [5.41, 5.74) is 0. The fourth-order valence-electron chi connectivity index (χ4n) is 0.832. The van der Waals surface area contributed by atoms with Crippen molar-refractivity contribution in [1.82, 2.24) is 5.32 Å². The molecule has 0 saturated carbocycles. The molecule has 1 atom stereocenters. The minimum Gasteiger partial charge on any atom is -0.309 e. The zero-order valence-electron chi connectivity index (χ0n) is 7.13. The molecule has 0 aliphatic rings. The first-order chi connectivity index (χ1) is 5.33. The third-order valence-electron chi connectivity index (χ3n) is 1.82. The standard InChI is InChI=1S/C9H15NS/c1-3-8(2)10-7-9-5-4-6-11-9/h4-6,8,10H,3,7H2,1-2H3/t8-/m0/s1. The van der Waals surface area contributed by atoms with Gasteiger partial charge in [0.2, 0.25) is 0 Å². The maximum atomic E-state index is 3.45. The Hall–Kier alpha value is -0.340. The highest BCUT2D eigenvalue weighted by atomic mass is 32.1. The molecule has 1 rings (SSSR count). The van der Waals surface area contributed by atoms with Gasteiger partial charge in [0, 0.05) is 17.5 Å². The molecule has 0 spiro atoms. The lowest BCUT2D eigenvalue weighted by Crippen LogP contribution is -2.23. The van der Waals surface area contributed by atoms with E-state index in [1.54, 1.807) is 0 Å². The second kappa shape index (κ2) is 4.52. The van der Waals surface area contributed by atoms with Crippen LogP contribution in [-0.2, 0) is 6.54 Å². The smallest absolute Gasteiger partial charge is 0.0302 e. The van der Waals surface area contributed by atoms with Crippen LogP contribution in [-0.4, -0.2) is 6.04 Å². The van der Waals surface area contributed by atoms with Crippen LogP contribution in [0.4, 0.5) is 0 Å². The van der Waals surface area contributed by atoms with Crippen molar-refractivity contribution < 1.29 is 0 Å². The minimum absolute atomic E-state index is 0.636. The Morgan fingerprint density at radius 3 is 3.00 bits per heavy atom. The lowest BCUT2D eigenvalue weighted by atomic mass is 10.2.